The van der Waals surface area contributed by atoms with Crippen LogP contribution in [0.1, 0.15) is 44.7 Å². The molecule has 0 aliphatic heterocycles. The fraction of sp³-hybridized carbons (Fsp3) is 0.500. The number of aryl methyl sites for hydroxylation is 1. The zero-order valence-electron chi connectivity index (χ0n) is 11.5. The van der Waals surface area contributed by atoms with E-state index < -0.39 is 5.60 Å². The number of benzene rings is 1. The maximum absolute atomic E-state index is 13.2. The number of rotatable bonds is 3. The lowest BCUT2D eigenvalue weighted by molar-refractivity contribution is 0.0939. The van der Waals surface area contributed by atoms with E-state index in [1.807, 2.05) is 13.0 Å². The smallest absolute Gasteiger partial charge is 0.124 e. The highest BCUT2D eigenvalue weighted by Crippen LogP contribution is 2.18. The van der Waals surface area contributed by atoms with Gasteiger partial charge in [-0.3, -0.25) is 0 Å². The highest BCUT2D eigenvalue weighted by molar-refractivity contribution is 5.38. The molecule has 0 heterocycles. The Morgan fingerprint density at radius 3 is 2.61 bits per heavy atom. The molecule has 0 amide bonds. The van der Waals surface area contributed by atoms with Gasteiger partial charge in [0.2, 0.25) is 0 Å². The molecule has 18 heavy (non-hydrogen) atoms. The average molecular weight is 248 g/mol. The molecule has 1 rings (SSSR count). The minimum Gasteiger partial charge on any atom is -0.378 e. The van der Waals surface area contributed by atoms with Crippen molar-refractivity contribution in [2.45, 2.75) is 46.1 Å². The number of hydrogen-bond acceptors (Lipinski definition) is 1. The summed E-state index contributed by atoms with van der Waals surface area (Å²) in [6, 6.07) is 4.66. The second-order valence-corrected chi connectivity index (χ2v) is 5.26. The Labute approximate surface area is 109 Å². The van der Waals surface area contributed by atoms with Crippen LogP contribution in [0.5, 0.6) is 0 Å². The van der Waals surface area contributed by atoms with Crippen LogP contribution in [0.15, 0.2) is 18.2 Å². The Morgan fingerprint density at radius 2 is 2.06 bits per heavy atom. The zero-order chi connectivity index (χ0) is 13.8. The maximum Gasteiger partial charge on any atom is 0.124 e. The first kappa shape index (κ1) is 14.7. The molecule has 98 valence electrons. The van der Waals surface area contributed by atoms with E-state index in [0.717, 1.165) is 12.0 Å². The lowest BCUT2D eigenvalue weighted by Gasteiger charge is -2.20. The van der Waals surface area contributed by atoms with Gasteiger partial charge in [0.15, 0.2) is 0 Å². The lowest BCUT2D eigenvalue weighted by atomic mass is 9.92. The van der Waals surface area contributed by atoms with E-state index in [2.05, 4.69) is 25.7 Å². The summed E-state index contributed by atoms with van der Waals surface area (Å²) < 4.78 is 13.2. The molecule has 1 aromatic rings. The first-order chi connectivity index (χ1) is 8.32. The van der Waals surface area contributed by atoms with Crippen molar-refractivity contribution in [2.75, 3.05) is 0 Å². The standard InChI is InChI=1S/C16H21FO/c1-5-12(2)11-16(4,18)7-6-14-8-13(3)9-15(17)10-14/h8-10,12,18H,5,11H2,1-4H3. The molecule has 0 bridgehead atoms. The van der Waals surface area contributed by atoms with E-state index >= 15 is 0 Å². The van der Waals surface area contributed by atoms with E-state index in [1.54, 1.807) is 6.92 Å². The van der Waals surface area contributed by atoms with Crippen LogP contribution in [0, 0.1) is 30.5 Å². The largest absolute Gasteiger partial charge is 0.378 e. The molecule has 2 atom stereocenters. The summed E-state index contributed by atoms with van der Waals surface area (Å²) in [5.74, 6) is 5.82. The van der Waals surface area contributed by atoms with Crippen LogP contribution in [-0.2, 0) is 0 Å². The van der Waals surface area contributed by atoms with Crippen molar-refractivity contribution in [1.29, 1.82) is 0 Å². The molecule has 0 fully saturated rings. The summed E-state index contributed by atoms with van der Waals surface area (Å²) in [4.78, 5) is 0. The normalized spacial score (nSPS) is 15.4. The van der Waals surface area contributed by atoms with Gasteiger partial charge in [-0.25, -0.2) is 4.39 Å². The van der Waals surface area contributed by atoms with Gasteiger partial charge in [0.05, 0.1) is 0 Å². The summed E-state index contributed by atoms with van der Waals surface area (Å²) in [5.41, 5.74) is 0.424. The minimum absolute atomic E-state index is 0.291. The van der Waals surface area contributed by atoms with Gasteiger partial charge in [-0.05, 0) is 49.9 Å². The van der Waals surface area contributed by atoms with Crippen molar-refractivity contribution in [2.24, 2.45) is 5.92 Å². The van der Waals surface area contributed by atoms with E-state index in [4.69, 9.17) is 0 Å². The van der Waals surface area contributed by atoms with Crippen LogP contribution < -0.4 is 0 Å². The fourth-order valence-corrected chi connectivity index (χ4v) is 1.89. The van der Waals surface area contributed by atoms with Gasteiger partial charge < -0.3 is 5.11 Å². The van der Waals surface area contributed by atoms with Gasteiger partial charge in [-0.15, -0.1) is 0 Å². The van der Waals surface area contributed by atoms with E-state index in [0.29, 0.717) is 17.9 Å². The Bertz CT molecular complexity index is 445. The maximum atomic E-state index is 13.2. The van der Waals surface area contributed by atoms with Crippen LogP contribution in [0.3, 0.4) is 0 Å². The Hall–Kier alpha value is -1.33. The molecule has 0 spiro atoms. The van der Waals surface area contributed by atoms with Crippen molar-refractivity contribution < 1.29 is 9.50 Å². The molecule has 0 aliphatic carbocycles. The topological polar surface area (TPSA) is 20.2 Å². The van der Waals surface area contributed by atoms with E-state index in [-0.39, 0.29) is 5.82 Å². The van der Waals surface area contributed by atoms with Gasteiger partial charge in [-0.2, -0.15) is 0 Å². The van der Waals surface area contributed by atoms with E-state index in [9.17, 15) is 9.50 Å². The van der Waals surface area contributed by atoms with Gasteiger partial charge in [0, 0.05) is 5.56 Å². The van der Waals surface area contributed by atoms with Crippen molar-refractivity contribution in [3.63, 3.8) is 0 Å². The molecule has 1 aromatic carbocycles. The predicted octanol–water partition coefficient (Wildman–Crippen LogP) is 3.67. The molecular weight excluding hydrogens is 227 g/mol. The van der Waals surface area contributed by atoms with Crippen molar-refractivity contribution in [1.82, 2.24) is 0 Å². The predicted molar refractivity (Wildman–Crippen MR) is 72.7 cm³/mol. The Kier molecular flexibility index (Phi) is 4.93. The Balaban J connectivity index is 2.86. The third-order valence-electron chi connectivity index (χ3n) is 2.96. The quantitative estimate of drug-likeness (QED) is 0.809. The number of halogens is 1. The zero-order valence-corrected chi connectivity index (χ0v) is 11.5. The second-order valence-electron chi connectivity index (χ2n) is 5.26. The minimum atomic E-state index is -1.02. The van der Waals surface area contributed by atoms with E-state index in [1.165, 1.54) is 12.1 Å². The summed E-state index contributed by atoms with van der Waals surface area (Å²) in [6.07, 6.45) is 1.64. The lowest BCUT2D eigenvalue weighted by Crippen LogP contribution is -2.24. The van der Waals surface area contributed by atoms with Gasteiger partial charge >= 0.3 is 0 Å². The van der Waals surface area contributed by atoms with Crippen molar-refractivity contribution in [3.8, 4) is 11.8 Å². The molecule has 1 nitrogen and oxygen atoms in total. The molecule has 0 aliphatic rings. The summed E-state index contributed by atoms with van der Waals surface area (Å²) in [5, 5.41) is 10.1. The molecule has 1 N–H and O–H groups in total. The summed E-state index contributed by atoms with van der Waals surface area (Å²) in [7, 11) is 0. The van der Waals surface area contributed by atoms with Crippen LogP contribution >= 0.6 is 0 Å². The second kappa shape index (κ2) is 6.02. The monoisotopic (exact) mass is 248 g/mol. The first-order valence-corrected chi connectivity index (χ1v) is 6.35. The Morgan fingerprint density at radius 1 is 1.39 bits per heavy atom. The molecular formula is C16H21FO. The van der Waals surface area contributed by atoms with Crippen LogP contribution in [0.4, 0.5) is 4.39 Å². The SMILES string of the molecule is CCC(C)CC(C)(O)C#Cc1cc(C)cc(F)c1. The number of aliphatic hydroxyl groups is 1. The van der Waals surface area contributed by atoms with Crippen LogP contribution in [0.25, 0.3) is 0 Å². The molecule has 0 saturated carbocycles. The van der Waals surface area contributed by atoms with Crippen LogP contribution in [0.2, 0.25) is 0 Å². The third kappa shape index (κ3) is 4.89. The highest BCUT2D eigenvalue weighted by atomic mass is 19.1. The summed E-state index contributed by atoms with van der Waals surface area (Å²) >= 11 is 0. The molecule has 2 unspecified atom stereocenters. The fourth-order valence-electron chi connectivity index (χ4n) is 1.89. The molecule has 0 aromatic heterocycles. The highest BCUT2D eigenvalue weighted by Gasteiger charge is 2.19. The third-order valence-corrected chi connectivity index (χ3v) is 2.96. The van der Waals surface area contributed by atoms with Gasteiger partial charge in [-0.1, -0.05) is 32.1 Å². The average Bonchev–Trinajstić information content (AvgIpc) is 2.24. The molecule has 2 heteroatoms. The van der Waals surface area contributed by atoms with Gasteiger partial charge in [0.25, 0.3) is 0 Å². The number of hydrogen-bond donors (Lipinski definition) is 1. The van der Waals surface area contributed by atoms with Crippen LogP contribution in [-0.4, -0.2) is 10.7 Å². The summed E-state index contributed by atoms with van der Waals surface area (Å²) in [6.45, 7) is 7.70. The molecule has 0 radical (unpaired) electrons. The van der Waals surface area contributed by atoms with Crippen molar-refractivity contribution in [3.05, 3.63) is 35.1 Å². The molecule has 0 saturated heterocycles. The van der Waals surface area contributed by atoms with Gasteiger partial charge in [0.1, 0.15) is 11.4 Å². The van der Waals surface area contributed by atoms with Crippen molar-refractivity contribution >= 4 is 0 Å². The first-order valence-electron chi connectivity index (χ1n) is 6.35.